The Balaban J connectivity index is 2.86. The molecule has 1 heterocycles. The Morgan fingerprint density at radius 2 is 2.06 bits per heavy atom. The van der Waals surface area contributed by atoms with Crippen molar-refractivity contribution in [3.8, 4) is 5.75 Å². The van der Waals surface area contributed by atoms with E-state index in [2.05, 4.69) is 4.98 Å². The zero-order chi connectivity index (χ0) is 12.6. The molecule has 17 heavy (non-hydrogen) atoms. The van der Waals surface area contributed by atoms with Crippen LogP contribution in [0.3, 0.4) is 0 Å². The molecule has 0 radical (unpaired) electrons. The third-order valence-electron chi connectivity index (χ3n) is 2.58. The van der Waals surface area contributed by atoms with Crippen LogP contribution in [0.2, 0.25) is 0 Å². The van der Waals surface area contributed by atoms with Gasteiger partial charge in [0.15, 0.2) is 5.78 Å². The predicted molar refractivity (Wildman–Crippen MR) is 63.0 cm³/mol. The number of carbonyl (C=O) groups is 1. The van der Waals surface area contributed by atoms with E-state index in [4.69, 9.17) is 4.74 Å². The van der Waals surface area contributed by atoms with E-state index in [1.165, 1.54) is 20.1 Å². The van der Waals surface area contributed by atoms with Crippen molar-refractivity contribution in [3.05, 3.63) is 35.3 Å². The maximum Gasteiger partial charge on any atom is 0.159 e. The molecule has 0 aliphatic rings. The van der Waals surface area contributed by atoms with E-state index in [0.717, 1.165) is 0 Å². The number of aromatic nitrogens is 1. The number of methoxy groups -OCH3 is 1. The molecule has 0 saturated heterocycles. The minimum atomic E-state index is -0.505. The van der Waals surface area contributed by atoms with E-state index in [1.807, 2.05) is 0 Å². The van der Waals surface area contributed by atoms with Crippen LogP contribution in [-0.4, -0.2) is 17.9 Å². The highest BCUT2D eigenvalue weighted by Gasteiger charge is 2.12. The fourth-order valence-electron chi connectivity index (χ4n) is 1.75. The second-order valence-corrected chi connectivity index (χ2v) is 3.88. The van der Waals surface area contributed by atoms with Crippen molar-refractivity contribution in [3.63, 3.8) is 0 Å². The van der Waals surface area contributed by atoms with Gasteiger partial charge in [-0.1, -0.05) is 0 Å². The Morgan fingerprint density at radius 1 is 1.35 bits per heavy atom. The average molecular weight is 233 g/mol. The van der Waals surface area contributed by atoms with Crippen LogP contribution in [0.15, 0.2) is 18.2 Å². The number of hydrogen-bond donors (Lipinski definition) is 0. The summed E-state index contributed by atoms with van der Waals surface area (Å²) < 4.78 is 19.0. The van der Waals surface area contributed by atoms with Crippen LogP contribution in [0.1, 0.15) is 23.0 Å². The van der Waals surface area contributed by atoms with Crippen LogP contribution in [0.25, 0.3) is 10.9 Å². The van der Waals surface area contributed by atoms with Crippen LogP contribution in [0.5, 0.6) is 5.75 Å². The molecular weight excluding hydrogens is 221 g/mol. The molecule has 0 amide bonds. The lowest BCUT2D eigenvalue weighted by atomic mass is 10.1. The number of pyridine rings is 1. The zero-order valence-corrected chi connectivity index (χ0v) is 9.87. The summed E-state index contributed by atoms with van der Waals surface area (Å²) in [5, 5.41) is 0.517. The Bertz CT molecular complexity index is 608. The van der Waals surface area contributed by atoms with E-state index in [1.54, 1.807) is 19.1 Å². The molecule has 2 rings (SSSR count). The van der Waals surface area contributed by atoms with Gasteiger partial charge in [-0.05, 0) is 26.0 Å². The predicted octanol–water partition coefficient (Wildman–Crippen LogP) is 2.89. The SMILES string of the molecule is COc1cc(C)nc2c(F)cc(C(C)=O)cc12. The third-order valence-corrected chi connectivity index (χ3v) is 2.58. The van der Waals surface area contributed by atoms with Crippen LogP contribution in [0, 0.1) is 12.7 Å². The molecular formula is C13H12FNO2. The van der Waals surface area contributed by atoms with Gasteiger partial charge in [0, 0.05) is 22.7 Å². The Morgan fingerprint density at radius 3 is 2.65 bits per heavy atom. The van der Waals surface area contributed by atoms with E-state index in [-0.39, 0.29) is 11.3 Å². The number of fused-ring (bicyclic) bond motifs is 1. The Hall–Kier alpha value is -1.97. The lowest BCUT2D eigenvalue weighted by Gasteiger charge is -2.08. The molecule has 4 heteroatoms. The summed E-state index contributed by atoms with van der Waals surface area (Å²) in [5.41, 5.74) is 1.22. The zero-order valence-electron chi connectivity index (χ0n) is 9.87. The smallest absolute Gasteiger partial charge is 0.159 e. The third kappa shape index (κ3) is 1.98. The first-order valence-corrected chi connectivity index (χ1v) is 5.18. The van der Waals surface area contributed by atoms with Gasteiger partial charge >= 0.3 is 0 Å². The van der Waals surface area contributed by atoms with Crippen LogP contribution >= 0.6 is 0 Å². The number of ether oxygens (including phenoxy) is 1. The van der Waals surface area contributed by atoms with Crippen molar-refractivity contribution in [2.75, 3.05) is 7.11 Å². The summed E-state index contributed by atoms with van der Waals surface area (Å²) in [5.74, 6) is -0.169. The number of nitrogens with zero attached hydrogens (tertiary/aromatic N) is 1. The van der Waals surface area contributed by atoms with Crippen molar-refractivity contribution in [2.24, 2.45) is 0 Å². The van der Waals surface area contributed by atoms with E-state index >= 15 is 0 Å². The number of carbonyl (C=O) groups excluding carboxylic acids is 1. The highest BCUT2D eigenvalue weighted by atomic mass is 19.1. The molecule has 0 atom stereocenters. The molecule has 0 fully saturated rings. The number of hydrogen-bond acceptors (Lipinski definition) is 3. The summed E-state index contributed by atoms with van der Waals surface area (Å²) in [4.78, 5) is 15.4. The topological polar surface area (TPSA) is 39.2 Å². The number of aryl methyl sites for hydroxylation is 1. The number of ketones is 1. The van der Waals surface area contributed by atoms with E-state index < -0.39 is 5.82 Å². The highest BCUT2D eigenvalue weighted by molar-refractivity contribution is 5.99. The second kappa shape index (κ2) is 4.13. The molecule has 0 N–H and O–H groups in total. The van der Waals surface area contributed by atoms with Crippen molar-refractivity contribution in [1.82, 2.24) is 4.98 Å². The Labute approximate surface area is 98.2 Å². The van der Waals surface area contributed by atoms with Crippen molar-refractivity contribution < 1.29 is 13.9 Å². The van der Waals surface area contributed by atoms with Crippen LogP contribution in [0.4, 0.5) is 4.39 Å². The van der Waals surface area contributed by atoms with Gasteiger partial charge in [-0.3, -0.25) is 4.79 Å². The van der Waals surface area contributed by atoms with Gasteiger partial charge in [0.25, 0.3) is 0 Å². The van der Waals surface area contributed by atoms with E-state index in [0.29, 0.717) is 22.4 Å². The first kappa shape index (κ1) is 11.5. The van der Waals surface area contributed by atoms with Gasteiger partial charge in [0.05, 0.1) is 7.11 Å². The monoisotopic (exact) mass is 233 g/mol. The molecule has 2 aromatic rings. The lowest BCUT2D eigenvalue weighted by molar-refractivity contribution is 0.101. The molecule has 3 nitrogen and oxygen atoms in total. The molecule has 0 spiro atoms. The van der Waals surface area contributed by atoms with Crippen molar-refractivity contribution >= 4 is 16.7 Å². The van der Waals surface area contributed by atoms with Gasteiger partial charge in [0.2, 0.25) is 0 Å². The summed E-state index contributed by atoms with van der Waals surface area (Å²) in [6, 6.07) is 4.52. The number of benzene rings is 1. The first-order valence-electron chi connectivity index (χ1n) is 5.18. The highest BCUT2D eigenvalue weighted by Crippen LogP contribution is 2.28. The van der Waals surface area contributed by atoms with Crippen molar-refractivity contribution in [2.45, 2.75) is 13.8 Å². The molecule has 0 aliphatic carbocycles. The molecule has 0 bridgehead atoms. The lowest BCUT2D eigenvalue weighted by Crippen LogP contribution is -1.98. The largest absolute Gasteiger partial charge is 0.496 e. The fraction of sp³-hybridized carbons (Fsp3) is 0.231. The molecule has 1 aromatic carbocycles. The summed E-state index contributed by atoms with van der Waals surface area (Å²) in [6.45, 7) is 3.16. The average Bonchev–Trinajstić information content (AvgIpc) is 2.28. The summed E-state index contributed by atoms with van der Waals surface area (Å²) >= 11 is 0. The van der Waals surface area contributed by atoms with Crippen molar-refractivity contribution in [1.29, 1.82) is 0 Å². The fourth-order valence-corrected chi connectivity index (χ4v) is 1.75. The summed E-state index contributed by atoms with van der Waals surface area (Å²) in [7, 11) is 1.51. The minimum absolute atomic E-state index is 0.187. The number of Topliss-reactive ketones (excluding diaryl/α,β-unsaturated/α-hetero) is 1. The van der Waals surface area contributed by atoms with E-state index in [9.17, 15) is 9.18 Å². The van der Waals surface area contributed by atoms with Gasteiger partial charge in [0.1, 0.15) is 17.1 Å². The maximum atomic E-state index is 13.8. The van der Waals surface area contributed by atoms with Gasteiger partial charge in [-0.15, -0.1) is 0 Å². The number of rotatable bonds is 2. The molecule has 88 valence electrons. The molecule has 0 unspecified atom stereocenters. The maximum absolute atomic E-state index is 13.8. The minimum Gasteiger partial charge on any atom is -0.496 e. The normalized spacial score (nSPS) is 10.6. The molecule has 1 aromatic heterocycles. The standard InChI is InChI=1S/C13H12FNO2/c1-7-4-12(17-3)10-5-9(8(2)16)6-11(14)13(10)15-7/h4-6H,1-3H3. The first-order chi connectivity index (χ1) is 8.02. The summed E-state index contributed by atoms with van der Waals surface area (Å²) in [6.07, 6.45) is 0. The van der Waals surface area contributed by atoms with Crippen LogP contribution in [-0.2, 0) is 0 Å². The molecule has 0 saturated carbocycles. The van der Waals surface area contributed by atoms with Gasteiger partial charge in [-0.25, -0.2) is 9.37 Å². The quantitative estimate of drug-likeness (QED) is 0.749. The van der Waals surface area contributed by atoms with Crippen LogP contribution < -0.4 is 4.74 Å². The Kier molecular flexibility index (Phi) is 2.79. The van der Waals surface area contributed by atoms with Gasteiger partial charge in [-0.2, -0.15) is 0 Å². The molecule has 0 aliphatic heterocycles. The second-order valence-electron chi connectivity index (χ2n) is 3.88. The number of halogens is 1. The van der Waals surface area contributed by atoms with Gasteiger partial charge < -0.3 is 4.74 Å².